The van der Waals surface area contributed by atoms with Crippen molar-refractivity contribution in [2.75, 3.05) is 17.2 Å². The molecule has 154 valence electrons. The highest BCUT2D eigenvalue weighted by Gasteiger charge is 2.11. The molecule has 10 heteroatoms. The Bertz CT molecular complexity index is 925. The fourth-order valence-corrected chi connectivity index (χ4v) is 3.05. The molecule has 0 fully saturated rings. The first-order valence-electron chi connectivity index (χ1n) is 8.56. The molecule has 2 amide bonds. The number of thiocarbonyl (C=S) groups is 1. The lowest BCUT2D eigenvalue weighted by Gasteiger charge is -2.13. The van der Waals surface area contributed by atoms with Gasteiger partial charge in [-0.25, -0.2) is 0 Å². The summed E-state index contributed by atoms with van der Waals surface area (Å²) in [5.41, 5.74) is 0.998. The Morgan fingerprint density at radius 3 is 2.45 bits per heavy atom. The van der Waals surface area contributed by atoms with Crippen LogP contribution in [0.1, 0.15) is 19.8 Å². The van der Waals surface area contributed by atoms with Crippen molar-refractivity contribution in [2.45, 2.75) is 19.8 Å². The zero-order valence-corrected chi connectivity index (χ0v) is 18.4. The molecular weight excluding hydrogens is 457 g/mol. The zero-order chi connectivity index (χ0) is 21.4. The third-order valence-electron chi connectivity index (χ3n) is 3.48. The number of amides is 2. The van der Waals surface area contributed by atoms with Crippen LogP contribution in [0.25, 0.3) is 0 Å². The van der Waals surface area contributed by atoms with Crippen LogP contribution in [0, 0.1) is 0 Å². The molecule has 0 aromatic heterocycles. The van der Waals surface area contributed by atoms with Gasteiger partial charge in [-0.3, -0.25) is 14.9 Å². The van der Waals surface area contributed by atoms with Crippen LogP contribution in [0.3, 0.4) is 0 Å². The van der Waals surface area contributed by atoms with E-state index in [2.05, 4.69) is 16.0 Å². The molecule has 0 heterocycles. The maximum absolute atomic E-state index is 12.0. The molecule has 0 atom stereocenters. The fourth-order valence-electron chi connectivity index (χ4n) is 2.20. The summed E-state index contributed by atoms with van der Waals surface area (Å²) < 4.78 is 5.35. The molecule has 0 aliphatic carbocycles. The summed E-state index contributed by atoms with van der Waals surface area (Å²) >= 11 is 23.1. The van der Waals surface area contributed by atoms with Crippen LogP contribution in [0.4, 0.5) is 11.4 Å². The van der Waals surface area contributed by atoms with Gasteiger partial charge in [-0.05, 0) is 55.0 Å². The van der Waals surface area contributed by atoms with Gasteiger partial charge in [-0.2, -0.15) is 0 Å². The summed E-state index contributed by atoms with van der Waals surface area (Å²) in [6.45, 7) is 1.62. The van der Waals surface area contributed by atoms with Gasteiger partial charge in [0.1, 0.15) is 5.75 Å². The Morgan fingerprint density at radius 2 is 1.76 bits per heavy atom. The van der Waals surface area contributed by atoms with Gasteiger partial charge in [0.15, 0.2) is 11.7 Å². The lowest BCUT2D eigenvalue weighted by atomic mass is 10.2. The summed E-state index contributed by atoms with van der Waals surface area (Å²) in [4.78, 5) is 23.8. The minimum Gasteiger partial charge on any atom is -0.482 e. The molecule has 6 nitrogen and oxygen atoms in total. The van der Waals surface area contributed by atoms with E-state index in [1.807, 2.05) is 6.92 Å². The molecule has 29 heavy (non-hydrogen) atoms. The standard InChI is InChI=1S/C19H18Cl3N3O3S/c1-2-3-17(26)23-12-5-6-13(21)15(9-12)24-19(29)25-18(27)10-28-16-7-4-11(20)8-14(16)22/h4-9H,2-3,10H2,1H3,(H,23,26)(H2,24,25,27,29). The van der Waals surface area contributed by atoms with Gasteiger partial charge in [0.2, 0.25) is 5.91 Å². The van der Waals surface area contributed by atoms with Crippen molar-refractivity contribution in [3.63, 3.8) is 0 Å². The number of nitrogens with one attached hydrogen (secondary N) is 3. The van der Waals surface area contributed by atoms with Gasteiger partial charge >= 0.3 is 0 Å². The lowest BCUT2D eigenvalue weighted by Crippen LogP contribution is -2.37. The molecule has 0 bridgehead atoms. The monoisotopic (exact) mass is 473 g/mol. The average molecular weight is 475 g/mol. The molecule has 3 N–H and O–H groups in total. The third kappa shape index (κ3) is 7.70. The summed E-state index contributed by atoms with van der Waals surface area (Å²) in [5.74, 6) is -0.268. The van der Waals surface area contributed by atoms with Crippen LogP contribution >= 0.6 is 47.0 Å². The largest absolute Gasteiger partial charge is 0.482 e. The first kappa shape index (κ1) is 23.2. The van der Waals surface area contributed by atoms with Gasteiger partial charge in [-0.15, -0.1) is 0 Å². The maximum Gasteiger partial charge on any atom is 0.264 e. The summed E-state index contributed by atoms with van der Waals surface area (Å²) in [5, 5.41) is 9.22. The molecule has 0 radical (unpaired) electrons. The van der Waals surface area contributed by atoms with E-state index < -0.39 is 5.91 Å². The maximum atomic E-state index is 12.0. The van der Waals surface area contributed by atoms with E-state index in [0.29, 0.717) is 38.6 Å². The van der Waals surface area contributed by atoms with Crippen molar-refractivity contribution >= 4 is 75.3 Å². The Balaban J connectivity index is 1.90. The van der Waals surface area contributed by atoms with Crippen molar-refractivity contribution in [1.82, 2.24) is 5.32 Å². The second kappa shape index (κ2) is 11.2. The number of ether oxygens (including phenoxy) is 1. The topological polar surface area (TPSA) is 79.5 Å². The van der Waals surface area contributed by atoms with Crippen LogP contribution in [0.5, 0.6) is 5.75 Å². The summed E-state index contributed by atoms with van der Waals surface area (Å²) in [6.07, 6.45) is 1.15. The SMILES string of the molecule is CCCC(=O)Nc1ccc(Cl)c(NC(=S)NC(=O)COc2ccc(Cl)cc2Cl)c1. The van der Waals surface area contributed by atoms with Gasteiger partial charge < -0.3 is 15.4 Å². The molecule has 2 aromatic rings. The van der Waals surface area contributed by atoms with E-state index >= 15 is 0 Å². The second-order valence-corrected chi connectivity index (χ2v) is 7.52. The molecule has 0 spiro atoms. The van der Waals surface area contributed by atoms with Crippen LogP contribution < -0.4 is 20.7 Å². The highest BCUT2D eigenvalue weighted by molar-refractivity contribution is 7.80. The van der Waals surface area contributed by atoms with Gasteiger partial charge in [0.05, 0.1) is 15.7 Å². The Kier molecular flexibility index (Phi) is 8.98. The van der Waals surface area contributed by atoms with Crippen LogP contribution in [-0.2, 0) is 9.59 Å². The number of hydrogen-bond donors (Lipinski definition) is 3. The average Bonchev–Trinajstić information content (AvgIpc) is 2.64. The van der Waals surface area contributed by atoms with Crippen molar-refractivity contribution in [3.8, 4) is 5.75 Å². The van der Waals surface area contributed by atoms with E-state index in [1.165, 1.54) is 6.07 Å². The van der Waals surface area contributed by atoms with E-state index in [4.69, 9.17) is 51.8 Å². The first-order valence-corrected chi connectivity index (χ1v) is 10.1. The molecule has 0 saturated carbocycles. The van der Waals surface area contributed by atoms with E-state index in [0.717, 1.165) is 6.42 Å². The van der Waals surface area contributed by atoms with Crippen molar-refractivity contribution in [2.24, 2.45) is 0 Å². The molecule has 2 rings (SSSR count). The Morgan fingerprint density at radius 1 is 1.00 bits per heavy atom. The summed E-state index contributed by atoms with van der Waals surface area (Å²) in [6, 6.07) is 9.58. The zero-order valence-electron chi connectivity index (χ0n) is 15.4. The van der Waals surface area contributed by atoms with E-state index in [9.17, 15) is 9.59 Å². The minimum absolute atomic E-state index is 0.0275. The number of carbonyl (C=O) groups is 2. The lowest BCUT2D eigenvalue weighted by molar-refractivity contribution is -0.121. The third-order valence-corrected chi connectivity index (χ3v) is 4.55. The minimum atomic E-state index is -0.489. The molecule has 2 aromatic carbocycles. The number of rotatable bonds is 7. The summed E-state index contributed by atoms with van der Waals surface area (Å²) in [7, 11) is 0. The molecular formula is C19H18Cl3N3O3S. The Hall–Kier alpha value is -2.06. The molecule has 0 saturated heterocycles. The predicted octanol–water partition coefficient (Wildman–Crippen LogP) is 5.28. The van der Waals surface area contributed by atoms with Crippen LogP contribution in [0.15, 0.2) is 36.4 Å². The predicted molar refractivity (Wildman–Crippen MR) is 121 cm³/mol. The van der Waals surface area contributed by atoms with Crippen molar-refractivity contribution in [1.29, 1.82) is 0 Å². The number of benzene rings is 2. The highest BCUT2D eigenvalue weighted by atomic mass is 35.5. The highest BCUT2D eigenvalue weighted by Crippen LogP contribution is 2.27. The van der Waals surface area contributed by atoms with Crippen molar-refractivity contribution in [3.05, 3.63) is 51.5 Å². The second-order valence-electron chi connectivity index (χ2n) is 5.86. The van der Waals surface area contributed by atoms with Gasteiger partial charge in [0, 0.05) is 17.1 Å². The van der Waals surface area contributed by atoms with Gasteiger partial charge in [-0.1, -0.05) is 41.7 Å². The van der Waals surface area contributed by atoms with Crippen LogP contribution in [0.2, 0.25) is 15.1 Å². The van der Waals surface area contributed by atoms with E-state index in [1.54, 1.807) is 30.3 Å². The normalized spacial score (nSPS) is 10.2. The molecule has 0 aliphatic rings. The number of carbonyl (C=O) groups excluding carboxylic acids is 2. The number of anilines is 2. The quantitative estimate of drug-likeness (QED) is 0.476. The van der Waals surface area contributed by atoms with Gasteiger partial charge in [0.25, 0.3) is 5.91 Å². The number of hydrogen-bond acceptors (Lipinski definition) is 4. The van der Waals surface area contributed by atoms with E-state index in [-0.39, 0.29) is 17.6 Å². The van der Waals surface area contributed by atoms with Crippen LogP contribution in [-0.4, -0.2) is 23.5 Å². The molecule has 0 aliphatic heterocycles. The number of halogens is 3. The fraction of sp³-hybridized carbons (Fsp3) is 0.211. The smallest absolute Gasteiger partial charge is 0.264 e. The van der Waals surface area contributed by atoms with Crippen molar-refractivity contribution < 1.29 is 14.3 Å². The Labute approximate surface area is 188 Å². The first-order chi connectivity index (χ1) is 13.8. The molecule has 0 unspecified atom stereocenters.